The van der Waals surface area contributed by atoms with Gasteiger partial charge < -0.3 is 20.1 Å². The average Bonchev–Trinajstić information content (AvgIpc) is 3.34. The molecule has 3 aromatic rings. The van der Waals surface area contributed by atoms with Crippen LogP contribution >= 0.6 is 0 Å². The van der Waals surface area contributed by atoms with E-state index in [1.807, 2.05) is 31.2 Å². The predicted molar refractivity (Wildman–Crippen MR) is 124 cm³/mol. The SMILES string of the molecule is Cc1cc(NC(=O)c2ccc(OCC3CCCO3)cc2)ccc1NC(=O)c1ccccc1. The number of anilines is 2. The van der Waals surface area contributed by atoms with E-state index in [4.69, 9.17) is 9.47 Å². The van der Waals surface area contributed by atoms with Gasteiger partial charge in [-0.25, -0.2) is 0 Å². The number of hydrogen-bond acceptors (Lipinski definition) is 4. The van der Waals surface area contributed by atoms with E-state index in [-0.39, 0.29) is 17.9 Å². The van der Waals surface area contributed by atoms with Crippen LogP contribution in [-0.4, -0.2) is 31.1 Å². The lowest BCUT2D eigenvalue weighted by atomic mass is 10.1. The van der Waals surface area contributed by atoms with Crippen molar-refractivity contribution in [2.45, 2.75) is 25.9 Å². The van der Waals surface area contributed by atoms with Crippen molar-refractivity contribution < 1.29 is 19.1 Å². The quantitative estimate of drug-likeness (QED) is 0.549. The van der Waals surface area contributed by atoms with E-state index < -0.39 is 0 Å². The third kappa shape index (κ3) is 5.53. The molecule has 0 spiro atoms. The number of carbonyl (C=O) groups excluding carboxylic acids is 2. The zero-order valence-corrected chi connectivity index (χ0v) is 18.0. The second-order valence-corrected chi connectivity index (χ2v) is 7.77. The molecule has 0 radical (unpaired) electrons. The molecule has 6 nitrogen and oxygen atoms in total. The first-order chi connectivity index (χ1) is 15.6. The Morgan fingerprint density at radius 1 is 0.938 bits per heavy atom. The van der Waals surface area contributed by atoms with E-state index in [1.54, 1.807) is 48.5 Å². The van der Waals surface area contributed by atoms with Gasteiger partial charge in [0.1, 0.15) is 12.4 Å². The standard InChI is InChI=1S/C26H26N2O4/c1-18-16-21(11-14-24(18)28-26(30)19-6-3-2-4-7-19)27-25(29)20-9-12-22(13-10-20)32-17-23-8-5-15-31-23/h2-4,6-7,9-14,16,23H,5,8,15,17H2,1H3,(H,27,29)(H,28,30). The van der Waals surface area contributed by atoms with Gasteiger partial charge in [0.15, 0.2) is 0 Å². The second-order valence-electron chi connectivity index (χ2n) is 7.77. The molecular formula is C26H26N2O4. The first-order valence-electron chi connectivity index (χ1n) is 10.7. The maximum atomic E-state index is 12.6. The molecule has 0 aliphatic carbocycles. The second kappa shape index (κ2) is 10.1. The van der Waals surface area contributed by atoms with Crippen molar-refractivity contribution in [3.63, 3.8) is 0 Å². The molecular weight excluding hydrogens is 404 g/mol. The molecule has 1 aliphatic rings. The highest BCUT2D eigenvalue weighted by atomic mass is 16.5. The number of aryl methyl sites for hydroxylation is 1. The van der Waals surface area contributed by atoms with Crippen molar-refractivity contribution in [1.29, 1.82) is 0 Å². The van der Waals surface area contributed by atoms with Crippen LogP contribution in [0.25, 0.3) is 0 Å². The van der Waals surface area contributed by atoms with Crippen molar-refractivity contribution in [2.24, 2.45) is 0 Å². The third-order valence-corrected chi connectivity index (χ3v) is 5.34. The van der Waals surface area contributed by atoms with Gasteiger partial charge in [0.2, 0.25) is 0 Å². The van der Waals surface area contributed by atoms with E-state index in [1.165, 1.54) is 0 Å². The molecule has 1 aliphatic heterocycles. The number of nitrogens with one attached hydrogen (secondary N) is 2. The van der Waals surface area contributed by atoms with E-state index in [0.29, 0.717) is 34.9 Å². The Balaban J connectivity index is 1.33. The summed E-state index contributed by atoms with van der Waals surface area (Å²) in [5.74, 6) is 0.329. The highest BCUT2D eigenvalue weighted by Gasteiger charge is 2.16. The summed E-state index contributed by atoms with van der Waals surface area (Å²) in [7, 11) is 0. The van der Waals surface area contributed by atoms with Crippen LogP contribution in [0.15, 0.2) is 72.8 Å². The van der Waals surface area contributed by atoms with Gasteiger partial charge in [0.25, 0.3) is 11.8 Å². The maximum absolute atomic E-state index is 12.6. The van der Waals surface area contributed by atoms with Crippen LogP contribution in [0, 0.1) is 6.92 Å². The van der Waals surface area contributed by atoms with E-state index in [9.17, 15) is 9.59 Å². The topological polar surface area (TPSA) is 76.7 Å². The molecule has 2 amide bonds. The van der Waals surface area contributed by atoms with Gasteiger partial charge in [-0.2, -0.15) is 0 Å². The maximum Gasteiger partial charge on any atom is 0.255 e. The van der Waals surface area contributed by atoms with Crippen molar-refractivity contribution in [3.05, 3.63) is 89.5 Å². The van der Waals surface area contributed by atoms with Crippen molar-refractivity contribution in [3.8, 4) is 5.75 Å². The minimum atomic E-state index is -0.212. The van der Waals surface area contributed by atoms with Gasteiger partial charge in [-0.1, -0.05) is 18.2 Å². The predicted octanol–water partition coefficient (Wildman–Crippen LogP) is 5.06. The summed E-state index contributed by atoms with van der Waals surface area (Å²) in [6, 6.07) is 21.5. The summed E-state index contributed by atoms with van der Waals surface area (Å²) in [6.45, 7) is 3.21. The van der Waals surface area contributed by atoms with Crippen molar-refractivity contribution in [1.82, 2.24) is 0 Å². The Labute approximate surface area is 187 Å². The van der Waals surface area contributed by atoms with Crippen LogP contribution in [-0.2, 0) is 4.74 Å². The molecule has 1 saturated heterocycles. The van der Waals surface area contributed by atoms with Gasteiger partial charge >= 0.3 is 0 Å². The Hall–Kier alpha value is -3.64. The molecule has 1 heterocycles. The lowest BCUT2D eigenvalue weighted by Crippen LogP contribution is -2.16. The zero-order chi connectivity index (χ0) is 22.3. The highest BCUT2D eigenvalue weighted by molar-refractivity contribution is 6.06. The Kier molecular flexibility index (Phi) is 6.82. The minimum absolute atomic E-state index is 0.154. The molecule has 0 bridgehead atoms. The fourth-order valence-corrected chi connectivity index (χ4v) is 3.54. The molecule has 1 fully saturated rings. The van der Waals surface area contributed by atoms with Crippen LogP contribution in [0.5, 0.6) is 5.75 Å². The number of hydrogen-bond donors (Lipinski definition) is 2. The number of benzene rings is 3. The lowest BCUT2D eigenvalue weighted by Gasteiger charge is -2.13. The molecule has 164 valence electrons. The summed E-state index contributed by atoms with van der Waals surface area (Å²) < 4.78 is 11.3. The first-order valence-corrected chi connectivity index (χ1v) is 10.7. The lowest BCUT2D eigenvalue weighted by molar-refractivity contribution is 0.0679. The monoisotopic (exact) mass is 430 g/mol. The van der Waals surface area contributed by atoms with Crippen LogP contribution in [0.4, 0.5) is 11.4 Å². The van der Waals surface area contributed by atoms with Gasteiger partial charge in [-0.05, 0) is 79.9 Å². The summed E-state index contributed by atoms with van der Waals surface area (Å²) >= 11 is 0. The highest BCUT2D eigenvalue weighted by Crippen LogP contribution is 2.22. The number of rotatable bonds is 7. The fraction of sp³-hybridized carbons (Fsp3) is 0.231. The van der Waals surface area contributed by atoms with E-state index in [2.05, 4.69) is 10.6 Å². The van der Waals surface area contributed by atoms with Crippen LogP contribution in [0.2, 0.25) is 0 Å². The zero-order valence-electron chi connectivity index (χ0n) is 18.0. The Morgan fingerprint density at radius 3 is 2.34 bits per heavy atom. The average molecular weight is 431 g/mol. The van der Waals surface area contributed by atoms with Gasteiger partial charge in [-0.3, -0.25) is 9.59 Å². The largest absolute Gasteiger partial charge is 0.491 e. The summed E-state index contributed by atoms with van der Waals surface area (Å²) in [4.78, 5) is 25.0. The molecule has 3 aromatic carbocycles. The van der Waals surface area contributed by atoms with Crippen molar-refractivity contribution in [2.75, 3.05) is 23.8 Å². The molecule has 1 unspecified atom stereocenters. The molecule has 0 saturated carbocycles. The number of ether oxygens (including phenoxy) is 2. The van der Waals surface area contributed by atoms with Crippen molar-refractivity contribution >= 4 is 23.2 Å². The molecule has 32 heavy (non-hydrogen) atoms. The van der Waals surface area contributed by atoms with E-state index in [0.717, 1.165) is 25.0 Å². The Morgan fingerprint density at radius 2 is 1.66 bits per heavy atom. The summed E-state index contributed by atoms with van der Waals surface area (Å²) in [5, 5.41) is 5.80. The van der Waals surface area contributed by atoms with Gasteiger partial charge in [0.05, 0.1) is 6.10 Å². The summed E-state index contributed by atoms with van der Waals surface area (Å²) in [5.41, 5.74) is 3.33. The summed E-state index contributed by atoms with van der Waals surface area (Å²) in [6.07, 6.45) is 2.25. The van der Waals surface area contributed by atoms with Crippen LogP contribution < -0.4 is 15.4 Å². The normalized spacial score (nSPS) is 15.2. The molecule has 2 N–H and O–H groups in total. The first kappa shape index (κ1) is 21.6. The minimum Gasteiger partial charge on any atom is -0.491 e. The van der Waals surface area contributed by atoms with Crippen LogP contribution in [0.3, 0.4) is 0 Å². The molecule has 6 heteroatoms. The number of carbonyl (C=O) groups is 2. The van der Waals surface area contributed by atoms with Gasteiger partial charge in [0, 0.05) is 29.1 Å². The third-order valence-electron chi connectivity index (χ3n) is 5.34. The molecule has 0 aromatic heterocycles. The smallest absolute Gasteiger partial charge is 0.255 e. The van der Waals surface area contributed by atoms with Gasteiger partial charge in [-0.15, -0.1) is 0 Å². The Bertz CT molecular complexity index is 1070. The molecule has 4 rings (SSSR count). The van der Waals surface area contributed by atoms with E-state index >= 15 is 0 Å². The fourth-order valence-electron chi connectivity index (χ4n) is 3.54. The van der Waals surface area contributed by atoms with Crippen LogP contribution in [0.1, 0.15) is 39.1 Å². The number of amides is 2. The molecule has 1 atom stereocenters.